The van der Waals surface area contributed by atoms with Crippen LogP contribution in [0.15, 0.2) is 46.4 Å². The quantitative estimate of drug-likeness (QED) is 0.536. The van der Waals surface area contributed by atoms with Gasteiger partial charge in [0.2, 0.25) is 12.2 Å². The molecular weight excluding hydrogens is 252 g/mol. The van der Waals surface area contributed by atoms with Gasteiger partial charge < -0.3 is 0 Å². The summed E-state index contributed by atoms with van der Waals surface area (Å²) < 4.78 is 0. The molecular formula is C16H10N2O2. The summed E-state index contributed by atoms with van der Waals surface area (Å²) in [7, 11) is 0. The van der Waals surface area contributed by atoms with Crippen molar-refractivity contribution in [2.24, 2.45) is 9.98 Å². The summed E-state index contributed by atoms with van der Waals surface area (Å²) in [6, 6.07) is 11.9. The summed E-state index contributed by atoms with van der Waals surface area (Å²) in [5.74, 6) is 0. The van der Waals surface area contributed by atoms with Gasteiger partial charge in [0.15, 0.2) is 6.17 Å². The molecule has 3 aromatic carbocycles. The van der Waals surface area contributed by atoms with Crippen molar-refractivity contribution in [2.45, 2.75) is 13.1 Å². The molecule has 0 N–H and O–H groups in total. The van der Waals surface area contributed by atoms with Crippen LogP contribution in [0.1, 0.15) is 17.3 Å². The van der Waals surface area contributed by atoms with Crippen LogP contribution < -0.4 is 0 Å². The Bertz CT molecular complexity index is 870. The molecule has 0 aliphatic carbocycles. The van der Waals surface area contributed by atoms with E-state index in [1.165, 1.54) is 23.1 Å². The maximum atomic E-state index is 10.5. The molecule has 4 nitrogen and oxygen atoms in total. The first-order valence-corrected chi connectivity index (χ1v) is 6.14. The van der Waals surface area contributed by atoms with E-state index in [1.807, 2.05) is 30.3 Å². The van der Waals surface area contributed by atoms with Crippen molar-refractivity contribution in [3.8, 4) is 0 Å². The van der Waals surface area contributed by atoms with Crippen molar-refractivity contribution >= 4 is 33.7 Å². The summed E-state index contributed by atoms with van der Waals surface area (Å²) in [5.41, 5.74) is 1.88. The predicted molar refractivity (Wildman–Crippen MR) is 76.4 cm³/mol. The van der Waals surface area contributed by atoms with Crippen LogP contribution in [0, 0.1) is 6.92 Å². The highest BCUT2D eigenvalue weighted by molar-refractivity contribution is 6.04. The van der Waals surface area contributed by atoms with Crippen LogP contribution in [0.5, 0.6) is 0 Å². The Labute approximate surface area is 114 Å². The monoisotopic (exact) mass is 262 g/mol. The molecule has 0 radical (unpaired) electrons. The third-order valence-electron chi connectivity index (χ3n) is 3.62. The Hall–Kier alpha value is -2.80. The molecule has 4 bridgehead atoms. The highest BCUT2D eigenvalue weighted by atomic mass is 16.1. The highest BCUT2D eigenvalue weighted by Crippen LogP contribution is 2.35. The van der Waals surface area contributed by atoms with Gasteiger partial charge in [-0.25, -0.2) is 9.59 Å². The maximum absolute atomic E-state index is 10.5. The van der Waals surface area contributed by atoms with Gasteiger partial charge in [-0.3, -0.25) is 0 Å². The van der Waals surface area contributed by atoms with E-state index in [1.54, 1.807) is 0 Å². The van der Waals surface area contributed by atoms with E-state index in [2.05, 4.69) is 23.0 Å². The number of hydrogen-bond donors (Lipinski definition) is 0. The van der Waals surface area contributed by atoms with Gasteiger partial charge >= 0.3 is 0 Å². The topological polar surface area (TPSA) is 58.9 Å². The second-order valence-corrected chi connectivity index (χ2v) is 4.59. The lowest BCUT2D eigenvalue weighted by Crippen LogP contribution is -1.95. The first-order chi connectivity index (χ1) is 9.76. The molecule has 4 heteroatoms. The van der Waals surface area contributed by atoms with Crippen molar-refractivity contribution in [1.82, 2.24) is 0 Å². The van der Waals surface area contributed by atoms with Gasteiger partial charge in [0.1, 0.15) is 0 Å². The number of aliphatic imine (C=N–C) groups is 2. The Morgan fingerprint density at radius 1 is 0.950 bits per heavy atom. The zero-order valence-electron chi connectivity index (χ0n) is 10.8. The SMILES string of the molecule is Cc1c2cccc1c1cc2ccc1C(N=C=O)N=C=O. The summed E-state index contributed by atoms with van der Waals surface area (Å²) in [4.78, 5) is 28.2. The molecule has 0 amide bonds. The Morgan fingerprint density at radius 2 is 1.65 bits per heavy atom. The number of isocyanates is 2. The number of benzene rings is 3. The third kappa shape index (κ3) is 1.72. The van der Waals surface area contributed by atoms with E-state index in [4.69, 9.17) is 0 Å². The van der Waals surface area contributed by atoms with Crippen LogP contribution in [0.25, 0.3) is 21.5 Å². The van der Waals surface area contributed by atoms with Crippen LogP contribution in [0.4, 0.5) is 0 Å². The zero-order valence-corrected chi connectivity index (χ0v) is 10.8. The Kier molecular flexibility index (Phi) is 2.88. The fraction of sp³-hybridized carbons (Fsp3) is 0.125. The van der Waals surface area contributed by atoms with Crippen molar-refractivity contribution in [1.29, 1.82) is 0 Å². The highest BCUT2D eigenvalue weighted by Gasteiger charge is 2.15. The number of hydrogen-bond acceptors (Lipinski definition) is 4. The minimum absolute atomic E-state index is 0.709. The molecule has 0 fully saturated rings. The van der Waals surface area contributed by atoms with Crippen LogP contribution in [-0.4, -0.2) is 12.2 Å². The summed E-state index contributed by atoms with van der Waals surface area (Å²) in [6.45, 7) is 2.05. The first kappa shape index (κ1) is 12.2. The van der Waals surface area contributed by atoms with Crippen LogP contribution >= 0.6 is 0 Å². The van der Waals surface area contributed by atoms with Gasteiger partial charge in [0, 0.05) is 5.56 Å². The lowest BCUT2D eigenvalue weighted by molar-refractivity contribution is 0.552. The van der Waals surface area contributed by atoms with Gasteiger partial charge in [-0.05, 0) is 40.1 Å². The molecule has 0 unspecified atom stereocenters. The molecule has 20 heavy (non-hydrogen) atoms. The maximum Gasteiger partial charge on any atom is 0.237 e. The minimum atomic E-state index is -0.879. The molecule has 0 aromatic heterocycles. The van der Waals surface area contributed by atoms with Gasteiger partial charge in [0.25, 0.3) is 0 Å². The standard InChI is InChI=1S/C16H10N2O2/c1-10-12-3-2-4-13(10)15-7-11(12)5-6-14(15)16(17-8-19)18-9-20/h2-7,16H,1H3. The van der Waals surface area contributed by atoms with E-state index >= 15 is 0 Å². The summed E-state index contributed by atoms with van der Waals surface area (Å²) in [6.07, 6.45) is 2.04. The lowest BCUT2D eigenvalue weighted by Gasteiger charge is -2.14. The van der Waals surface area contributed by atoms with Crippen molar-refractivity contribution in [3.05, 3.63) is 47.5 Å². The fourth-order valence-electron chi connectivity index (χ4n) is 2.69. The molecule has 0 atom stereocenters. The molecule has 3 rings (SSSR count). The third-order valence-corrected chi connectivity index (χ3v) is 3.62. The summed E-state index contributed by atoms with van der Waals surface area (Å²) in [5, 5.41) is 4.31. The molecule has 0 heterocycles. The average Bonchev–Trinajstić information content (AvgIpc) is 2.45. The zero-order chi connectivity index (χ0) is 14.1. The van der Waals surface area contributed by atoms with Crippen molar-refractivity contribution < 1.29 is 9.59 Å². The average molecular weight is 262 g/mol. The van der Waals surface area contributed by atoms with Crippen molar-refractivity contribution in [2.75, 3.05) is 0 Å². The Morgan fingerprint density at radius 3 is 2.35 bits per heavy atom. The smallest absolute Gasteiger partial charge is 0.211 e. The number of nitrogens with zero attached hydrogens (tertiary/aromatic N) is 2. The van der Waals surface area contributed by atoms with Crippen LogP contribution in [0.3, 0.4) is 0 Å². The molecule has 0 spiro atoms. The van der Waals surface area contributed by atoms with Gasteiger partial charge in [-0.2, -0.15) is 9.98 Å². The predicted octanol–water partition coefficient (Wildman–Crippen LogP) is 3.41. The molecule has 0 saturated carbocycles. The normalized spacial score (nSPS) is 12.1. The molecule has 0 saturated heterocycles. The van der Waals surface area contributed by atoms with E-state index in [0.29, 0.717) is 5.56 Å². The van der Waals surface area contributed by atoms with E-state index in [-0.39, 0.29) is 0 Å². The largest absolute Gasteiger partial charge is 0.237 e. The Balaban J connectivity index is 2.40. The number of aryl methyl sites for hydroxylation is 1. The minimum Gasteiger partial charge on any atom is -0.211 e. The second-order valence-electron chi connectivity index (χ2n) is 4.59. The van der Waals surface area contributed by atoms with E-state index < -0.39 is 6.17 Å². The molecule has 3 aromatic rings. The summed E-state index contributed by atoms with van der Waals surface area (Å²) >= 11 is 0. The van der Waals surface area contributed by atoms with E-state index in [0.717, 1.165) is 16.2 Å². The van der Waals surface area contributed by atoms with Crippen molar-refractivity contribution in [3.63, 3.8) is 0 Å². The van der Waals surface area contributed by atoms with Crippen LogP contribution in [-0.2, 0) is 9.59 Å². The first-order valence-electron chi connectivity index (χ1n) is 6.14. The fourth-order valence-corrected chi connectivity index (χ4v) is 2.69. The molecule has 96 valence electrons. The number of rotatable bonds is 3. The lowest BCUT2D eigenvalue weighted by atomic mass is 9.92. The number of fused-ring (bicyclic) bond motifs is 6. The van der Waals surface area contributed by atoms with Gasteiger partial charge in [0.05, 0.1) is 0 Å². The van der Waals surface area contributed by atoms with E-state index in [9.17, 15) is 9.59 Å². The second kappa shape index (κ2) is 4.71. The number of carbonyl (C=O) groups excluding carboxylic acids is 2. The molecule has 0 aliphatic heterocycles. The van der Waals surface area contributed by atoms with Gasteiger partial charge in [-0.1, -0.05) is 30.3 Å². The van der Waals surface area contributed by atoms with Gasteiger partial charge in [-0.15, -0.1) is 0 Å². The molecule has 0 aliphatic rings. The van der Waals surface area contributed by atoms with Crippen LogP contribution in [0.2, 0.25) is 0 Å².